The number of hydrogen-bond acceptors (Lipinski definition) is 4. The van der Waals surface area contributed by atoms with Crippen LogP contribution in [0.2, 0.25) is 0 Å². The van der Waals surface area contributed by atoms with Crippen LogP contribution < -0.4 is 9.47 Å². The molecule has 0 radical (unpaired) electrons. The lowest BCUT2D eigenvalue weighted by molar-refractivity contribution is 0.402. The van der Waals surface area contributed by atoms with Gasteiger partial charge in [-0.1, -0.05) is 51.0 Å². The summed E-state index contributed by atoms with van der Waals surface area (Å²) in [5.74, 6) is 2.07. The highest BCUT2D eigenvalue weighted by Crippen LogP contribution is 2.40. The van der Waals surface area contributed by atoms with Gasteiger partial charge in [-0.05, 0) is 60.6 Å². The molecule has 0 aromatic heterocycles. The van der Waals surface area contributed by atoms with Crippen LogP contribution in [-0.2, 0) is 16.3 Å². The average molecular weight is 443 g/mol. The fourth-order valence-corrected chi connectivity index (χ4v) is 6.12. The van der Waals surface area contributed by atoms with E-state index in [-0.39, 0.29) is 16.6 Å². The fourth-order valence-electron chi connectivity index (χ4n) is 4.51. The maximum Gasteiger partial charge on any atom is 0.182 e. The molecule has 4 nitrogen and oxygen atoms in total. The third-order valence-electron chi connectivity index (χ3n) is 6.15. The van der Waals surface area contributed by atoms with Gasteiger partial charge in [0, 0.05) is 11.5 Å². The minimum absolute atomic E-state index is 0.0782. The summed E-state index contributed by atoms with van der Waals surface area (Å²) in [4.78, 5) is 0.279. The van der Waals surface area contributed by atoms with Crippen LogP contribution in [-0.4, -0.2) is 28.4 Å². The van der Waals surface area contributed by atoms with E-state index in [9.17, 15) is 8.42 Å². The normalized spacial score (nSPS) is 16.2. The van der Waals surface area contributed by atoms with Gasteiger partial charge < -0.3 is 9.47 Å². The van der Waals surface area contributed by atoms with Crippen LogP contribution in [0.1, 0.15) is 61.3 Å². The second-order valence-corrected chi connectivity index (χ2v) is 10.7. The Bertz CT molecular complexity index is 1050. The molecule has 2 aromatic rings. The molecule has 0 N–H and O–H groups in total. The first-order chi connectivity index (χ1) is 14.8. The third-order valence-corrected chi connectivity index (χ3v) is 7.91. The molecule has 0 heterocycles. The van der Waals surface area contributed by atoms with Crippen molar-refractivity contribution in [3.05, 3.63) is 58.7 Å². The van der Waals surface area contributed by atoms with Gasteiger partial charge >= 0.3 is 0 Å². The topological polar surface area (TPSA) is 52.6 Å². The minimum atomic E-state index is -3.45. The molecule has 0 saturated carbocycles. The van der Waals surface area contributed by atoms with Crippen molar-refractivity contribution >= 4 is 15.9 Å². The van der Waals surface area contributed by atoms with Crippen molar-refractivity contribution in [2.45, 2.75) is 57.3 Å². The number of benzene rings is 2. The van der Waals surface area contributed by atoms with Crippen molar-refractivity contribution < 1.29 is 17.9 Å². The van der Waals surface area contributed by atoms with Crippen molar-refractivity contribution in [1.82, 2.24) is 0 Å². The zero-order chi connectivity index (χ0) is 22.6. The number of rotatable bonds is 10. The van der Waals surface area contributed by atoms with E-state index in [1.165, 1.54) is 30.2 Å². The largest absolute Gasteiger partial charge is 0.496 e. The first-order valence-electron chi connectivity index (χ1n) is 11.1. The van der Waals surface area contributed by atoms with Crippen molar-refractivity contribution in [2.75, 3.05) is 20.0 Å². The van der Waals surface area contributed by atoms with Gasteiger partial charge in [0.05, 0.1) is 20.0 Å². The Labute approximate surface area is 187 Å². The van der Waals surface area contributed by atoms with Gasteiger partial charge in [0.25, 0.3) is 0 Å². The molecule has 2 aromatic carbocycles. The summed E-state index contributed by atoms with van der Waals surface area (Å²) < 4.78 is 37.1. The molecule has 31 heavy (non-hydrogen) atoms. The summed E-state index contributed by atoms with van der Waals surface area (Å²) in [5, 5.41) is 0. The van der Waals surface area contributed by atoms with Crippen molar-refractivity contribution in [2.24, 2.45) is 5.92 Å². The predicted octanol–water partition coefficient (Wildman–Crippen LogP) is 5.97. The van der Waals surface area contributed by atoms with E-state index in [4.69, 9.17) is 9.47 Å². The lowest BCUT2D eigenvalue weighted by Gasteiger charge is -2.19. The molecule has 5 heteroatoms. The highest BCUT2D eigenvalue weighted by Gasteiger charge is 2.26. The SMILES string of the molecule is CCCC(C)Cc1c(OC)ccc2c1C=CC2CCS(=O)(=O)c1cc(C)ccc1OC. The Morgan fingerprint density at radius 3 is 2.45 bits per heavy atom. The van der Waals surface area contributed by atoms with Crippen LogP contribution in [0.4, 0.5) is 0 Å². The van der Waals surface area contributed by atoms with Crippen LogP contribution in [0.5, 0.6) is 11.5 Å². The summed E-state index contributed by atoms with van der Waals surface area (Å²) in [6.07, 6.45) is 8.14. The van der Waals surface area contributed by atoms with Gasteiger partial charge in [-0.2, -0.15) is 0 Å². The molecule has 2 atom stereocenters. The van der Waals surface area contributed by atoms with Crippen molar-refractivity contribution in [3.63, 3.8) is 0 Å². The Balaban J connectivity index is 1.83. The quantitative estimate of drug-likeness (QED) is 0.455. The second-order valence-electron chi connectivity index (χ2n) is 8.57. The van der Waals surface area contributed by atoms with Crippen LogP contribution in [0.25, 0.3) is 6.08 Å². The maximum atomic E-state index is 13.1. The highest BCUT2D eigenvalue weighted by atomic mass is 32.2. The van der Waals surface area contributed by atoms with E-state index in [1.807, 2.05) is 19.1 Å². The van der Waals surface area contributed by atoms with E-state index >= 15 is 0 Å². The van der Waals surface area contributed by atoms with Crippen molar-refractivity contribution in [1.29, 1.82) is 0 Å². The van der Waals surface area contributed by atoms with E-state index < -0.39 is 9.84 Å². The van der Waals surface area contributed by atoms with E-state index in [0.717, 1.165) is 24.2 Å². The second kappa shape index (κ2) is 9.90. The zero-order valence-electron chi connectivity index (χ0n) is 19.3. The highest BCUT2D eigenvalue weighted by molar-refractivity contribution is 7.91. The molecular weight excluding hydrogens is 408 g/mol. The Morgan fingerprint density at radius 1 is 1.06 bits per heavy atom. The first-order valence-corrected chi connectivity index (χ1v) is 12.7. The van der Waals surface area contributed by atoms with Gasteiger partial charge in [0.2, 0.25) is 0 Å². The number of aryl methyl sites for hydroxylation is 1. The number of sulfone groups is 1. The van der Waals surface area contributed by atoms with Gasteiger partial charge in [0.1, 0.15) is 16.4 Å². The Morgan fingerprint density at radius 2 is 1.77 bits per heavy atom. The van der Waals surface area contributed by atoms with Gasteiger partial charge in [0.15, 0.2) is 9.84 Å². The average Bonchev–Trinajstić information content (AvgIpc) is 3.16. The molecule has 0 aliphatic heterocycles. The van der Waals surface area contributed by atoms with Crippen molar-refractivity contribution in [3.8, 4) is 11.5 Å². The van der Waals surface area contributed by atoms with Crippen LogP contribution in [0.15, 0.2) is 41.3 Å². The summed E-state index contributed by atoms with van der Waals surface area (Å²) in [6.45, 7) is 6.38. The molecule has 0 fully saturated rings. The van der Waals surface area contributed by atoms with Gasteiger partial charge in [-0.25, -0.2) is 8.42 Å². The molecule has 1 aliphatic carbocycles. The van der Waals surface area contributed by atoms with Crippen LogP contribution >= 0.6 is 0 Å². The number of fused-ring (bicyclic) bond motifs is 1. The first kappa shape index (κ1) is 23.4. The molecule has 3 rings (SSSR count). The van der Waals surface area contributed by atoms with Crippen LogP contribution in [0.3, 0.4) is 0 Å². The Kier molecular flexibility index (Phi) is 7.47. The third kappa shape index (κ3) is 5.15. The van der Waals surface area contributed by atoms with E-state index in [2.05, 4.69) is 32.1 Å². The van der Waals surface area contributed by atoms with Crippen LogP contribution in [0, 0.1) is 12.8 Å². The monoisotopic (exact) mass is 442 g/mol. The summed E-state index contributed by atoms with van der Waals surface area (Å²) in [6, 6.07) is 9.41. The molecule has 2 unspecified atom stereocenters. The number of methoxy groups -OCH3 is 2. The molecule has 1 aliphatic rings. The van der Waals surface area contributed by atoms with Gasteiger partial charge in [-0.3, -0.25) is 0 Å². The van der Waals surface area contributed by atoms with Gasteiger partial charge in [-0.15, -0.1) is 0 Å². The summed E-state index contributed by atoms with van der Waals surface area (Å²) >= 11 is 0. The molecule has 0 amide bonds. The summed E-state index contributed by atoms with van der Waals surface area (Å²) in [5.41, 5.74) is 4.55. The lowest BCUT2D eigenvalue weighted by Crippen LogP contribution is -2.11. The number of ether oxygens (including phenoxy) is 2. The predicted molar refractivity (Wildman–Crippen MR) is 127 cm³/mol. The standard InChI is InChI=1S/C26H34O4S/c1-6-7-18(2)16-23-22-10-9-20(21(22)11-13-24(23)29-4)14-15-31(27,28)26-17-19(3)8-12-25(26)30-5/h8-13,17-18,20H,6-7,14-16H2,1-5H3. The number of hydrogen-bond donors (Lipinski definition) is 0. The lowest BCUT2D eigenvalue weighted by atomic mass is 9.89. The molecule has 0 bridgehead atoms. The maximum absolute atomic E-state index is 13.1. The molecule has 0 saturated heterocycles. The molecule has 0 spiro atoms. The minimum Gasteiger partial charge on any atom is -0.496 e. The van der Waals surface area contributed by atoms with E-state index in [0.29, 0.717) is 18.1 Å². The molecule has 168 valence electrons. The Hall–Kier alpha value is -2.27. The van der Waals surface area contributed by atoms with E-state index in [1.54, 1.807) is 19.2 Å². The molecular formula is C26H34O4S. The zero-order valence-corrected chi connectivity index (χ0v) is 20.1. The number of allylic oxidation sites excluding steroid dienone is 1. The smallest absolute Gasteiger partial charge is 0.182 e. The fraction of sp³-hybridized carbons (Fsp3) is 0.462. The summed E-state index contributed by atoms with van der Waals surface area (Å²) in [7, 11) is -0.224.